The predicted molar refractivity (Wildman–Crippen MR) is 126 cm³/mol. The van der Waals surface area contributed by atoms with Crippen LogP contribution in [-0.2, 0) is 13.2 Å². The molecule has 0 unspecified atom stereocenters. The van der Waals surface area contributed by atoms with Crippen LogP contribution in [0.3, 0.4) is 0 Å². The highest BCUT2D eigenvalue weighted by atomic mass is 35.5. The average molecular weight is 453 g/mol. The summed E-state index contributed by atoms with van der Waals surface area (Å²) in [4.78, 5) is 15.2. The second-order valence-electron chi connectivity index (χ2n) is 8.01. The monoisotopic (exact) mass is 452 g/mol. The zero-order valence-corrected chi connectivity index (χ0v) is 18.6. The van der Waals surface area contributed by atoms with Gasteiger partial charge in [-0.15, -0.1) is 0 Å². The van der Waals surface area contributed by atoms with Crippen molar-refractivity contribution in [2.45, 2.75) is 32.4 Å². The number of nitrogens with one attached hydrogen (secondary N) is 1. The molecule has 0 atom stereocenters. The average Bonchev–Trinajstić information content (AvgIpc) is 2.81. The molecule has 1 fully saturated rings. The Morgan fingerprint density at radius 1 is 1.00 bits per heavy atom. The van der Waals surface area contributed by atoms with Gasteiger partial charge >= 0.3 is 0 Å². The van der Waals surface area contributed by atoms with Crippen molar-refractivity contribution in [3.63, 3.8) is 0 Å². The number of nitrogens with zero attached hydrogens (tertiary/aromatic N) is 1. The van der Waals surface area contributed by atoms with E-state index in [0.717, 1.165) is 25.3 Å². The smallest absolute Gasteiger partial charge is 0.255 e. The molecule has 3 aromatic carbocycles. The Balaban J connectivity index is 1.37. The topological polar surface area (TPSA) is 41.6 Å². The number of hydrogen-bond acceptors (Lipinski definition) is 3. The number of halogens is 2. The van der Waals surface area contributed by atoms with Gasteiger partial charge in [-0.2, -0.15) is 0 Å². The van der Waals surface area contributed by atoms with E-state index < -0.39 is 0 Å². The number of hydrogen-bond donors (Lipinski definition) is 1. The third kappa shape index (κ3) is 5.87. The summed E-state index contributed by atoms with van der Waals surface area (Å²) in [6.45, 7) is 3.26. The molecular weight excluding hydrogens is 427 g/mol. The second-order valence-corrected chi connectivity index (χ2v) is 8.42. The van der Waals surface area contributed by atoms with E-state index in [1.54, 1.807) is 36.4 Å². The summed E-state index contributed by atoms with van der Waals surface area (Å²) in [5.74, 6) is -0.276. The Bertz CT molecular complexity index is 1070. The largest absolute Gasteiger partial charge is 0.487 e. The second kappa shape index (κ2) is 10.6. The molecule has 0 aromatic heterocycles. The number of benzene rings is 3. The van der Waals surface area contributed by atoms with Crippen LogP contribution < -0.4 is 10.1 Å². The third-order valence-corrected chi connectivity index (χ3v) is 5.91. The van der Waals surface area contributed by atoms with Crippen LogP contribution in [0.5, 0.6) is 5.75 Å². The quantitative estimate of drug-likeness (QED) is 0.457. The van der Waals surface area contributed by atoms with Crippen LogP contribution >= 0.6 is 11.6 Å². The zero-order valence-electron chi connectivity index (χ0n) is 17.8. The number of carbonyl (C=O) groups is 1. The van der Waals surface area contributed by atoms with Gasteiger partial charge in [0.25, 0.3) is 5.91 Å². The molecule has 1 amide bonds. The maximum Gasteiger partial charge on any atom is 0.255 e. The van der Waals surface area contributed by atoms with Crippen LogP contribution in [0.2, 0.25) is 5.02 Å². The molecule has 4 rings (SSSR count). The molecule has 1 aliphatic rings. The molecule has 0 spiro atoms. The van der Waals surface area contributed by atoms with Gasteiger partial charge in [0.05, 0.1) is 5.02 Å². The fourth-order valence-corrected chi connectivity index (χ4v) is 3.97. The number of rotatable bonds is 7. The van der Waals surface area contributed by atoms with Crippen LogP contribution in [0, 0.1) is 5.82 Å². The van der Waals surface area contributed by atoms with Gasteiger partial charge < -0.3 is 10.1 Å². The van der Waals surface area contributed by atoms with E-state index in [-0.39, 0.29) is 18.3 Å². The fourth-order valence-electron chi connectivity index (χ4n) is 3.80. The highest BCUT2D eigenvalue weighted by Gasteiger charge is 2.13. The first kappa shape index (κ1) is 22.3. The Labute approximate surface area is 193 Å². The van der Waals surface area contributed by atoms with Crippen molar-refractivity contribution < 1.29 is 13.9 Å². The molecule has 0 bridgehead atoms. The van der Waals surface area contributed by atoms with E-state index in [4.69, 9.17) is 16.3 Å². The fraction of sp³-hybridized carbons (Fsp3) is 0.269. The van der Waals surface area contributed by atoms with Gasteiger partial charge in [-0.25, -0.2) is 4.39 Å². The van der Waals surface area contributed by atoms with E-state index >= 15 is 0 Å². The van der Waals surface area contributed by atoms with Crippen molar-refractivity contribution in [1.29, 1.82) is 0 Å². The maximum atomic E-state index is 13.8. The van der Waals surface area contributed by atoms with E-state index in [0.29, 0.717) is 21.9 Å². The summed E-state index contributed by atoms with van der Waals surface area (Å²) in [5, 5.41) is 3.27. The summed E-state index contributed by atoms with van der Waals surface area (Å²) in [6.07, 6.45) is 3.85. The molecule has 3 aromatic rings. The summed E-state index contributed by atoms with van der Waals surface area (Å²) < 4.78 is 19.5. The van der Waals surface area contributed by atoms with Gasteiger partial charge in [0.1, 0.15) is 18.2 Å². The number of ether oxygens (including phenoxy) is 1. The van der Waals surface area contributed by atoms with Crippen LogP contribution in [0.1, 0.15) is 40.7 Å². The summed E-state index contributed by atoms with van der Waals surface area (Å²) in [7, 11) is 0. The van der Waals surface area contributed by atoms with E-state index in [9.17, 15) is 9.18 Å². The first-order chi connectivity index (χ1) is 15.6. The molecule has 1 N–H and O–H groups in total. The lowest BCUT2D eigenvalue weighted by atomic mass is 10.1. The van der Waals surface area contributed by atoms with Gasteiger partial charge in [0, 0.05) is 23.4 Å². The van der Waals surface area contributed by atoms with E-state index in [1.165, 1.54) is 30.9 Å². The van der Waals surface area contributed by atoms with Gasteiger partial charge in [0.15, 0.2) is 0 Å². The lowest BCUT2D eigenvalue weighted by Gasteiger charge is -2.26. The first-order valence-corrected chi connectivity index (χ1v) is 11.2. The minimum Gasteiger partial charge on any atom is -0.487 e. The van der Waals surface area contributed by atoms with Gasteiger partial charge in [-0.05, 0) is 67.9 Å². The highest BCUT2D eigenvalue weighted by Crippen LogP contribution is 2.27. The molecule has 1 saturated heterocycles. The zero-order chi connectivity index (χ0) is 22.3. The highest BCUT2D eigenvalue weighted by molar-refractivity contribution is 6.32. The van der Waals surface area contributed by atoms with Crippen molar-refractivity contribution in [2.75, 3.05) is 18.4 Å². The molecule has 0 radical (unpaired) electrons. The summed E-state index contributed by atoms with van der Waals surface area (Å²) in [6, 6.07) is 19.1. The molecule has 1 heterocycles. The van der Waals surface area contributed by atoms with Crippen LogP contribution in [-0.4, -0.2) is 23.9 Å². The summed E-state index contributed by atoms with van der Waals surface area (Å²) in [5.41, 5.74) is 2.79. The number of anilines is 1. The van der Waals surface area contributed by atoms with Crippen LogP contribution in [0.4, 0.5) is 10.1 Å². The molecule has 6 heteroatoms. The SMILES string of the molecule is O=C(Nc1ccc(CN2CCCCC2)cc1)c1ccc(Cl)c(OCc2ccccc2F)c1. The molecule has 1 aliphatic heterocycles. The van der Waals surface area contributed by atoms with Gasteiger partial charge in [-0.1, -0.05) is 48.4 Å². The maximum absolute atomic E-state index is 13.8. The lowest BCUT2D eigenvalue weighted by molar-refractivity contribution is 0.102. The normalized spacial score (nSPS) is 14.2. The molecule has 166 valence electrons. The summed E-state index contributed by atoms with van der Waals surface area (Å²) >= 11 is 6.21. The Morgan fingerprint density at radius 2 is 1.75 bits per heavy atom. The van der Waals surface area contributed by atoms with Crippen molar-refractivity contribution in [2.24, 2.45) is 0 Å². The van der Waals surface area contributed by atoms with Crippen LogP contribution in [0.15, 0.2) is 66.7 Å². The van der Waals surface area contributed by atoms with Crippen molar-refractivity contribution in [1.82, 2.24) is 4.90 Å². The minimum atomic E-state index is -0.346. The Kier molecular flexibility index (Phi) is 7.40. The number of carbonyl (C=O) groups excluding carboxylic acids is 1. The number of piperidine rings is 1. The molecule has 4 nitrogen and oxygen atoms in total. The van der Waals surface area contributed by atoms with E-state index in [1.807, 2.05) is 12.1 Å². The van der Waals surface area contributed by atoms with Gasteiger partial charge in [-0.3, -0.25) is 9.69 Å². The Hall–Kier alpha value is -2.89. The predicted octanol–water partition coefficient (Wildman–Crippen LogP) is 6.30. The molecule has 32 heavy (non-hydrogen) atoms. The lowest BCUT2D eigenvalue weighted by Crippen LogP contribution is -2.29. The minimum absolute atomic E-state index is 0.0238. The standard InChI is InChI=1S/C26H26ClFN2O2/c27-23-13-10-20(16-25(23)32-18-21-6-2-3-7-24(21)28)26(31)29-22-11-8-19(9-12-22)17-30-14-4-1-5-15-30/h2-3,6-13,16H,1,4-5,14-15,17-18H2,(H,29,31). The van der Waals surface area contributed by atoms with Crippen molar-refractivity contribution in [3.05, 3.63) is 94.3 Å². The third-order valence-electron chi connectivity index (χ3n) is 5.60. The van der Waals surface area contributed by atoms with Crippen LogP contribution in [0.25, 0.3) is 0 Å². The van der Waals surface area contributed by atoms with Gasteiger partial charge in [0.2, 0.25) is 0 Å². The Morgan fingerprint density at radius 3 is 2.50 bits per heavy atom. The van der Waals surface area contributed by atoms with Crippen molar-refractivity contribution >= 4 is 23.2 Å². The molecule has 0 saturated carbocycles. The van der Waals surface area contributed by atoms with Crippen molar-refractivity contribution in [3.8, 4) is 5.75 Å². The first-order valence-electron chi connectivity index (χ1n) is 10.9. The molecular formula is C26H26ClFN2O2. The van der Waals surface area contributed by atoms with E-state index in [2.05, 4.69) is 22.3 Å². The number of amides is 1. The number of likely N-dealkylation sites (tertiary alicyclic amines) is 1. The molecule has 0 aliphatic carbocycles.